The number of amides is 2. The van der Waals surface area contributed by atoms with Crippen molar-refractivity contribution in [3.63, 3.8) is 0 Å². The minimum atomic E-state index is -0.500. The predicted molar refractivity (Wildman–Crippen MR) is 201 cm³/mol. The van der Waals surface area contributed by atoms with Gasteiger partial charge < -0.3 is 15.4 Å². The SMILES string of the molecule is COc1ccc2c(c1)C(CC(=O)NCCNC(=O)/C=C(C)/C=C/C=C(C)\C=C\C1=C(C)CCCC1(C)C)=C(C)C2C(=O)c1ccc(Cl)cc1. The van der Waals surface area contributed by atoms with Crippen LogP contribution in [0.4, 0.5) is 0 Å². The van der Waals surface area contributed by atoms with Gasteiger partial charge in [0.1, 0.15) is 5.75 Å². The quantitative estimate of drug-likeness (QED) is 0.0956. The van der Waals surface area contributed by atoms with Crippen LogP contribution in [0.25, 0.3) is 5.57 Å². The van der Waals surface area contributed by atoms with Crippen LogP contribution in [0.15, 0.2) is 107 Å². The van der Waals surface area contributed by atoms with Gasteiger partial charge in [-0.05, 0) is 117 Å². The molecule has 0 heterocycles. The molecule has 1 unspecified atom stereocenters. The molecule has 2 aromatic rings. The van der Waals surface area contributed by atoms with Gasteiger partial charge in [-0.25, -0.2) is 0 Å². The Balaban J connectivity index is 1.29. The van der Waals surface area contributed by atoms with Crippen molar-refractivity contribution in [3.05, 3.63) is 128 Å². The topological polar surface area (TPSA) is 84.5 Å². The normalized spacial score (nSPS) is 17.9. The van der Waals surface area contributed by atoms with Gasteiger partial charge in [-0.3, -0.25) is 14.4 Å². The van der Waals surface area contributed by atoms with Crippen molar-refractivity contribution in [2.45, 2.75) is 73.1 Å². The van der Waals surface area contributed by atoms with E-state index in [4.69, 9.17) is 16.3 Å². The van der Waals surface area contributed by atoms with E-state index in [0.29, 0.717) is 16.3 Å². The van der Waals surface area contributed by atoms with Crippen LogP contribution >= 0.6 is 11.6 Å². The van der Waals surface area contributed by atoms with Crippen LogP contribution in [0, 0.1) is 5.41 Å². The first-order valence-corrected chi connectivity index (χ1v) is 17.3. The maximum atomic E-state index is 13.6. The van der Waals surface area contributed by atoms with E-state index in [-0.39, 0.29) is 42.5 Å². The molecule has 2 aliphatic rings. The van der Waals surface area contributed by atoms with Crippen LogP contribution in [0.2, 0.25) is 5.02 Å². The molecule has 4 rings (SSSR count). The van der Waals surface area contributed by atoms with Gasteiger partial charge in [0.05, 0.1) is 19.4 Å². The smallest absolute Gasteiger partial charge is 0.244 e. The van der Waals surface area contributed by atoms with Crippen molar-refractivity contribution in [3.8, 4) is 5.75 Å². The lowest BCUT2D eigenvalue weighted by molar-refractivity contribution is -0.120. The Morgan fingerprint density at radius 3 is 2.39 bits per heavy atom. The Hall–Kier alpha value is -4.42. The van der Waals surface area contributed by atoms with Gasteiger partial charge in [-0.1, -0.05) is 78.6 Å². The molecule has 0 saturated carbocycles. The van der Waals surface area contributed by atoms with E-state index in [1.807, 2.05) is 50.3 Å². The number of benzene rings is 2. The number of nitrogens with one attached hydrogen (secondary N) is 2. The molecule has 0 bridgehead atoms. The third-order valence-electron chi connectivity index (χ3n) is 9.41. The molecule has 0 fully saturated rings. The number of fused-ring (bicyclic) bond motifs is 1. The lowest BCUT2D eigenvalue weighted by Gasteiger charge is -2.32. The van der Waals surface area contributed by atoms with Crippen LogP contribution in [-0.2, 0) is 9.59 Å². The number of methoxy groups -OCH3 is 1. The standard InChI is InChI=1S/C42H49ClN2O4/c1-27(13-20-37-29(3)12-9-21-42(37,5)6)10-8-11-28(2)24-38(46)44-22-23-45-39(47)26-35-30(4)40(34-19-18-33(49-7)25-36(34)35)41(48)31-14-16-32(43)17-15-31/h8,10-11,13-20,24-25,40H,9,12,21-23,26H2,1-7H3,(H,44,46)(H,45,47)/b11-8+,20-13+,27-10-,28-24+. The fraction of sp³-hybridized carbons (Fsp3) is 0.357. The number of carbonyl (C=O) groups is 3. The van der Waals surface area contributed by atoms with Gasteiger partial charge in [0.15, 0.2) is 5.78 Å². The number of carbonyl (C=O) groups excluding carboxylic acids is 3. The van der Waals surface area contributed by atoms with Crippen molar-refractivity contribution in [1.82, 2.24) is 10.6 Å². The molecule has 49 heavy (non-hydrogen) atoms. The molecular weight excluding hydrogens is 632 g/mol. The summed E-state index contributed by atoms with van der Waals surface area (Å²) in [6.07, 6.45) is 15.6. The van der Waals surface area contributed by atoms with Crippen molar-refractivity contribution in [1.29, 1.82) is 0 Å². The monoisotopic (exact) mass is 680 g/mol. The van der Waals surface area contributed by atoms with Gasteiger partial charge >= 0.3 is 0 Å². The molecular formula is C42H49ClN2O4. The zero-order chi connectivity index (χ0) is 35.7. The number of hydrogen-bond acceptors (Lipinski definition) is 4. The van der Waals surface area contributed by atoms with Crippen molar-refractivity contribution < 1.29 is 19.1 Å². The Bertz CT molecular complexity index is 1770. The van der Waals surface area contributed by atoms with Crippen LogP contribution in [0.3, 0.4) is 0 Å². The number of hydrogen-bond donors (Lipinski definition) is 2. The zero-order valence-corrected chi connectivity index (χ0v) is 30.6. The predicted octanol–water partition coefficient (Wildman–Crippen LogP) is 9.26. The highest BCUT2D eigenvalue weighted by molar-refractivity contribution is 6.30. The van der Waals surface area contributed by atoms with Crippen LogP contribution in [0.5, 0.6) is 5.75 Å². The van der Waals surface area contributed by atoms with E-state index in [2.05, 4.69) is 50.5 Å². The van der Waals surface area contributed by atoms with E-state index < -0.39 is 5.92 Å². The summed E-state index contributed by atoms with van der Waals surface area (Å²) >= 11 is 6.04. The van der Waals surface area contributed by atoms with E-state index in [9.17, 15) is 14.4 Å². The second-order valence-corrected chi connectivity index (χ2v) is 14.1. The minimum Gasteiger partial charge on any atom is -0.497 e. The van der Waals surface area contributed by atoms with E-state index in [1.54, 1.807) is 37.5 Å². The summed E-state index contributed by atoms with van der Waals surface area (Å²) in [5, 5.41) is 6.30. The van der Waals surface area contributed by atoms with Crippen LogP contribution in [0.1, 0.15) is 94.6 Å². The molecule has 6 nitrogen and oxygen atoms in total. The molecule has 1 atom stereocenters. The molecule has 2 amide bonds. The molecule has 7 heteroatoms. The molecule has 0 aliphatic heterocycles. The highest BCUT2D eigenvalue weighted by atomic mass is 35.5. The fourth-order valence-corrected chi connectivity index (χ4v) is 6.82. The molecule has 2 N–H and O–H groups in total. The Morgan fingerprint density at radius 1 is 0.980 bits per heavy atom. The lowest BCUT2D eigenvalue weighted by atomic mass is 9.72. The minimum absolute atomic E-state index is 0.0494. The van der Waals surface area contributed by atoms with Crippen molar-refractivity contribution in [2.24, 2.45) is 5.41 Å². The molecule has 0 saturated heterocycles. The number of allylic oxidation sites excluding steroid dienone is 10. The number of ether oxygens (including phenoxy) is 1. The maximum Gasteiger partial charge on any atom is 0.244 e. The van der Waals surface area contributed by atoms with Crippen LogP contribution < -0.4 is 15.4 Å². The van der Waals surface area contributed by atoms with Crippen LogP contribution in [-0.4, -0.2) is 37.8 Å². The Kier molecular flexibility index (Phi) is 12.8. The molecule has 0 spiro atoms. The Morgan fingerprint density at radius 2 is 1.69 bits per heavy atom. The van der Waals surface area contributed by atoms with Gasteiger partial charge in [0.25, 0.3) is 0 Å². The van der Waals surface area contributed by atoms with Gasteiger partial charge in [-0.15, -0.1) is 0 Å². The summed E-state index contributed by atoms with van der Waals surface area (Å²) < 4.78 is 5.44. The van der Waals surface area contributed by atoms with E-state index in [0.717, 1.165) is 33.4 Å². The van der Waals surface area contributed by atoms with Crippen molar-refractivity contribution in [2.75, 3.05) is 20.2 Å². The second kappa shape index (κ2) is 16.8. The zero-order valence-electron chi connectivity index (χ0n) is 29.8. The first-order valence-electron chi connectivity index (χ1n) is 16.9. The largest absolute Gasteiger partial charge is 0.497 e. The molecule has 2 aliphatic carbocycles. The number of ketones is 1. The van der Waals surface area contributed by atoms with E-state index in [1.165, 1.54) is 30.4 Å². The maximum absolute atomic E-state index is 13.6. The average Bonchev–Trinajstić information content (AvgIpc) is 3.32. The Labute approximate surface area is 296 Å². The summed E-state index contributed by atoms with van der Waals surface area (Å²) in [6, 6.07) is 12.5. The number of halogens is 1. The molecule has 0 radical (unpaired) electrons. The first-order chi connectivity index (χ1) is 23.3. The fourth-order valence-electron chi connectivity index (χ4n) is 6.70. The van der Waals surface area contributed by atoms with Gasteiger partial charge in [-0.2, -0.15) is 0 Å². The van der Waals surface area contributed by atoms with Gasteiger partial charge in [0, 0.05) is 29.8 Å². The van der Waals surface area contributed by atoms with Gasteiger partial charge in [0.2, 0.25) is 11.8 Å². The molecule has 0 aromatic heterocycles. The summed E-state index contributed by atoms with van der Waals surface area (Å²) in [4.78, 5) is 39.1. The molecule has 258 valence electrons. The van der Waals surface area contributed by atoms with E-state index >= 15 is 0 Å². The highest BCUT2D eigenvalue weighted by Crippen LogP contribution is 2.46. The summed E-state index contributed by atoms with van der Waals surface area (Å²) in [7, 11) is 1.59. The second-order valence-electron chi connectivity index (χ2n) is 13.7. The highest BCUT2D eigenvalue weighted by Gasteiger charge is 2.35. The summed E-state index contributed by atoms with van der Waals surface area (Å²) in [6.45, 7) is 13.3. The first kappa shape index (κ1) is 37.4. The van der Waals surface area contributed by atoms with Crippen molar-refractivity contribution >= 4 is 34.8 Å². The number of rotatable bonds is 13. The average molecular weight is 681 g/mol. The summed E-state index contributed by atoms with van der Waals surface area (Å²) in [5.74, 6) is -0.314. The summed E-state index contributed by atoms with van der Waals surface area (Å²) in [5.41, 5.74) is 8.97. The lowest BCUT2D eigenvalue weighted by Crippen LogP contribution is -2.34. The third kappa shape index (κ3) is 9.82. The third-order valence-corrected chi connectivity index (χ3v) is 9.66. The molecule has 2 aromatic carbocycles. The number of Topliss-reactive ketones (excluding diaryl/α,β-unsaturated/α-hetero) is 1.